The Bertz CT molecular complexity index is 479. The van der Waals surface area contributed by atoms with Gasteiger partial charge in [0.25, 0.3) is 5.91 Å². The number of rotatable bonds is 5. The molecule has 0 saturated heterocycles. The average Bonchev–Trinajstić information content (AvgIpc) is 2.33. The summed E-state index contributed by atoms with van der Waals surface area (Å²) < 4.78 is 0. The van der Waals surface area contributed by atoms with Crippen LogP contribution < -0.4 is 10.6 Å². The lowest BCUT2D eigenvalue weighted by Gasteiger charge is -2.04. The number of nitrogens with zero attached hydrogens (tertiary/aromatic N) is 2. The summed E-state index contributed by atoms with van der Waals surface area (Å²) in [5.41, 5.74) is -0.0338. The number of hydrogen-bond acceptors (Lipinski definition) is 5. The Labute approximate surface area is 106 Å². The van der Waals surface area contributed by atoms with Crippen LogP contribution in [0.3, 0.4) is 0 Å². The highest BCUT2D eigenvalue weighted by Crippen LogP contribution is 2.01. The molecule has 1 rings (SSSR count). The van der Waals surface area contributed by atoms with E-state index in [0.717, 1.165) is 0 Å². The van der Waals surface area contributed by atoms with E-state index in [0.29, 0.717) is 0 Å². The smallest absolute Gasteiger partial charge is 0.322 e. The van der Waals surface area contributed by atoms with Gasteiger partial charge >= 0.3 is 5.97 Å². The summed E-state index contributed by atoms with van der Waals surface area (Å²) in [6.07, 6.45) is 2.45. The Morgan fingerprint density at radius 2 is 1.94 bits per heavy atom. The molecule has 9 heteroatoms. The molecule has 0 fully saturated rings. The predicted octanol–water partition coefficient (Wildman–Crippen LogP) is -0.939. The van der Waals surface area contributed by atoms with Crippen molar-refractivity contribution in [2.45, 2.75) is 0 Å². The number of hydrogen-bond donors (Lipinski definition) is 3. The molecule has 0 aromatic carbocycles. The molecule has 1 aromatic rings. The molecule has 2 amide bonds. The highest BCUT2D eigenvalue weighted by atomic mass is 35.5. The van der Waals surface area contributed by atoms with E-state index in [-0.39, 0.29) is 17.4 Å². The minimum Gasteiger partial charge on any atom is -0.480 e. The van der Waals surface area contributed by atoms with Crippen molar-refractivity contribution in [1.29, 1.82) is 0 Å². The van der Waals surface area contributed by atoms with Crippen LogP contribution in [0, 0.1) is 0 Å². The average molecular weight is 273 g/mol. The van der Waals surface area contributed by atoms with Crippen molar-refractivity contribution in [3.05, 3.63) is 23.2 Å². The normalized spacial score (nSPS) is 9.61. The monoisotopic (exact) mass is 272 g/mol. The molecule has 96 valence electrons. The van der Waals surface area contributed by atoms with Crippen molar-refractivity contribution in [1.82, 2.24) is 20.6 Å². The van der Waals surface area contributed by atoms with Crippen LogP contribution in [0.15, 0.2) is 12.4 Å². The lowest BCUT2D eigenvalue weighted by molar-refractivity contribution is -0.137. The summed E-state index contributed by atoms with van der Waals surface area (Å²) in [6.45, 7) is -0.869. The van der Waals surface area contributed by atoms with E-state index in [4.69, 9.17) is 16.7 Å². The van der Waals surface area contributed by atoms with E-state index in [9.17, 15) is 14.4 Å². The van der Waals surface area contributed by atoms with Gasteiger partial charge in [-0.3, -0.25) is 19.4 Å². The lowest BCUT2D eigenvalue weighted by atomic mass is 10.4. The fourth-order valence-corrected chi connectivity index (χ4v) is 1.09. The van der Waals surface area contributed by atoms with Crippen LogP contribution in [-0.4, -0.2) is 45.9 Å². The highest BCUT2D eigenvalue weighted by Gasteiger charge is 2.10. The number of carboxylic acid groups (broad SMARTS) is 1. The summed E-state index contributed by atoms with van der Waals surface area (Å²) in [5.74, 6) is -2.42. The van der Waals surface area contributed by atoms with Crippen LogP contribution in [-0.2, 0) is 9.59 Å². The molecule has 1 heterocycles. The number of aliphatic carboxylic acids is 1. The molecule has 0 aliphatic carbocycles. The van der Waals surface area contributed by atoms with Gasteiger partial charge in [0.15, 0.2) is 0 Å². The third kappa shape index (κ3) is 4.74. The van der Waals surface area contributed by atoms with Crippen LogP contribution in [0.4, 0.5) is 0 Å². The fourth-order valence-electron chi connectivity index (χ4n) is 0.939. The van der Waals surface area contributed by atoms with Gasteiger partial charge in [-0.15, -0.1) is 0 Å². The number of carbonyl (C=O) groups is 3. The summed E-state index contributed by atoms with van der Waals surface area (Å²) in [7, 11) is 0. The van der Waals surface area contributed by atoms with E-state index in [1.54, 1.807) is 0 Å². The Morgan fingerprint density at radius 1 is 1.22 bits per heavy atom. The number of carboxylic acids is 1. The van der Waals surface area contributed by atoms with Gasteiger partial charge in [0.2, 0.25) is 5.91 Å². The third-order valence-corrected chi connectivity index (χ3v) is 1.87. The standard InChI is InChI=1S/C9H9ClN4O4/c10-6-2-11-1-5(14-6)9(18)13-3-7(15)12-4-8(16)17/h1-2H,3-4H2,(H,12,15)(H,13,18)(H,16,17). The van der Waals surface area contributed by atoms with E-state index < -0.39 is 24.3 Å². The van der Waals surface area contributed by atoms with Crippen molar-refractivity contribution in [3.8, 4) is 0 Å². The Balaban J connectivity index is 2.42. The maximum absolute atomic E-state index is 11.5. The van der Waals surface area contributed by atoms with Gasteiger partial charge < -0.3 is 15.7 Å². The number of nitrogens with one attached hydrogen (secondary N) is 2. The van der Waals surface area contributed by atoms with Gasteiger partial charge in [0, 0.05) is 0 Å². The zero-order chi connectivity index (χ0) is 13.5. The first-order valence-corrected chi connectivity index (χ1v) is 5.11. The van der Waals surface area contributed by atoms with Gasteiger partial charge in [-0.25, -0.2) is 4.98 Å². The second-order valence-corrected chi connectivity index (χ2v) is 3.47. The van der Waals surface area contributed by atoms with Crippen LogP contribution in [0.2, 0.25) is 5.15 Å². The quantitative estimate of drug-likeness (QED) is 0.636. The van der Waals surface area contributed by atoms with Crippen molar-refractivity contribution < 1.29 is 19.5 Å². The zero-order valence-electron chi connectivity index (χ0n) is 9.01. The highest BCUT2D eigenvalue weighted by molar-refractivity contribution is 6.29. The number of amides is 2. The molecule has 1 aromatic heterocycles. The van der Waals surface area contributed by atoms with E-state index in [1.807, 2.05) is 0 Å². The molecule has 18 heavy (non-hydrogen) atoms. The first-order valence-electron chi connectivity index (χ1n) is 4.73. The molecular weight excluding hydrogens is 264 g/mol. The maximum atomic E-state index is 11.5. The minimum atomic E-state index is -1.17. The molecule has 0 atom stereocenters. The van der Waals surface area contributed by atoms with Crippen LogP contribution in [0.1, 0.15) is 10.5 Å². The first-order chi connectivity index (χ1) is 8.49. The Hall–Kier alpha value is -2.22. The number of carbonyl (C=O) groups excluding carboxylic acids is 2. The summed E-state index contributed by atoms with van der Waals surface area (Å²) >= 11 is 5.54. The van der Waals surface area contributed by atoms with Gasteiger partial charge in [-0.2, -0.15) is 0 Å². The van der Waals surface area contributed by atoms with Crippen molar-refractivity contribution >= 4 is 29.4 Å². The summed E-state index contributed by atoms with van der Waals surface area (Å²) in [6, 6.07) is 0. The van der Waals surface area contributed by atoms with Crippen LogP contribution in [0.25, 0.3) is 0 Å². The lowest BCUT2D eigenvalue weighted by Crippen LogP contribution is -2.39. The number of aromatic nitrogens is 2. The molecule has 0 saturated carbocycles. The molecule has 8 nitrogen and oxygen atoms in total. The molecular formula is C9H9ClN4O4. The van der Waals surface area contributed by atoms with Gasteiger partial charge in [0.1, 0.15) is 17.4 Å². The maximum Gasteiger partial charge on any atom is 0.322 e. The molecule has 0 aliphatic rings. The number of halogens is 1. The van der Waals surface area contributed by atoms with E-state index in [2.05, 4.69) is 20.6 Å². The fraction of sp³-hybridized carbons (Fsp3) is 0.222. The van der Waals surface area contributed by atoms with Gasteiger partial charge in [-0.05, 0) is 0 Å². The SMILES string of the molecule is O=C(O)CNC(=O)CNC(=O)c1cncc(Cl)n1. The van der Waals surface area contributed by atoms with E-state index in [1.165, 1.54) is 12.4 Å². The molecule has 0 bridgehead atoms. The topological polar surface area (TPSA) is 121 Å². The van der Waals surface area contributed by atoms with E-state index >= 15 is 0 Å². The van der Waals surface area contributed by atoms with Crippen molar-refractivity contribution in [2.75, 3.05) is 13.1 Å². The second-order valence-electron chi connectivity index (χ2n) is 3.08. The second kappa shape index (κ2) is 6.50. The molecule has 0 unspecified atom stereocenters. The first kappa shape index (κ1) is 13.8. The van der Waals surface area contributed by atoms with Crippen LogP contribution in [0.5, 0.6) is 0 Å². The summed E-state index contributed by atoms with van der Waals surface area (Å²) in [5, 5.41) is 12.7. The molecule has 0 aliphatic heterocycles. The van der Waals surface area contributed by atoms with Crippen LogP contribution >= 0.6 is 11.6 Å². The van der Waals surface area contributed by atoms with Gasteiger partial charge in [0.05, 0.1) is 18.9 Å². The summed E-state index contributed by atoms with van der Waals surface area (Å²) in [4.78, 5) is 40.1. The van der Waals surface area contributed by atoms with Crippen molar-refractivity contribution in [3.63, 3.8) is 0 Å². The predicted molar refractivity (Wildman–Crippen MR) is 60.0 cm³/mol. The Morgan fingerprint density at radius 3 is 2.56 bits per heavy atom. The molecule has 3 N–H and O–H groups in total. The van der Waals surface area contributed by atoms with Crippen molar-refractivity contribution in [2.24, 2.45) is 0 Å². The molecule has 0 spiro atoms. The largest absolute Gasteiger partial charge is 0.480 e. The minimum absolute atomic E-state index is 0.0338. The third-order valence-electron chi connectivity index (χ3n) is 1.68. The Kier molecular flexibility index (Phi) is 5.00. The molecule has 0 radical (unpaired) electrons. The van der Waals surface area contributed by atoms with Gasteiger partial charge in [-0.1, -0.05) is 11.6 Å². The zero-order valence-corrected chi connectivity index (χ0v) is 9.77.